The van der Waals surface area contributed by atoms with Crippen molar-refractivity contribution in [2.45, 2.75) is 60.8 Å². The van der Waals surface area contributed by atoms with E-state index in [0.29, 0.717) is 0 Å². The highest BCUT2D eigenvalue weighted by Gasteiger charge is 1.90. The van der Waals surface area contributed by atoms with Gasteiger partial charge in [-0.1, -0.05) is 65.2 Å². The summed E-state index contributed by atoms with van der Waals surface area (Å²) in [7, 11) is 0. The molecule has 0 spiro atoms. The third kappa shape index (κ3) is 11.3. The summed E-state index contributed by atoms with van der Waals surface area (Å²) in [6.45, 7) is 13.4. The molecule has 0 saturated carbocycles. The van der Waals surface area contributed by atoms with Gasteiger partial charge >= 0.3 is 0 Å². The van der Waals surface area contributed by atoms with Gasteiger partial charge in [0.1, 0.15) is 0 Å². The SMILES string of the molecule is CC.CC.CCCCCNc1ccc(C)cc1. The minimum absolute atomic E-state index is 1.09. The Balaban J connectivity index is 0. The Hall–Kier alpha value is -0.980. The number of nitrogens with one attached hydrogen (secondary N) is 1. The molecule has 0 bridgehead atoms. The Morgan fingerprint density at radius 1 is 0.882 bits per heavy atom. The summed E-state index contributed by atoms with van der Waals surface area (Å²) < 4.78 is 0. The highest BCUT2D eigenvalue weighted by molar-refractivity contribution is 5.44. The van der Waals surface area contributed by atoms with Crippen LogP contribution in [0.3, 0.4) is 0 Å². The number of unbranched alkanes of at least 4 members (excludes halogenated alkanes) is 2. The number of hydrogen-bond acceptors (Lipinski definition) is 1. The van der Waals surface area contributed by atoms with Crippen LogP contribution in [0.2, 0.25) is 0 Å². The molecule has 0 unspecified atom stereocenters. The lowest BCUT2D eigenvalue weighted by atomic mass is 10.2. The summed E-state index contributed by atoms with van der Waals surface area (Å²) in [6.07, 6.45) is 3.87. The molecule has 1 aromatic carbocycles. The number of aryl methyl sites for hydroxylation is 1. The molecule has 0 saturated heterocycles. The van der Waals surface area contributed by atoms with E-state index in [1.165, 1.54) is 30.5 Å². The standard InChI is InChI=1S/C12H19N.2C2H6/c1-3-4-5-10-13-12-8-6-11(2)7-9-12;2*1-2/h6-9,13H,3-5,10H2,1-2H3;2*1-2H3. The second kappa shape index (κ2) is 15.0. The summed E-state index contributed by atoms with van der Waals surface area (Å²) in [4.78, 5) is 0. The van der Waals surface area contributed by atoms with Crippen molar-refractivity contribution in [2.24, 2.45) is 0 Å². The first-order valence-corrected chi connectivity index (χ1v) is 7.13. The molecule has 0 fully saturated rings. The first-order chi connectivity index (χ1) is 8.33. The molecule has 1 N–H and O–H groups in total. The molecule has 0 aliphatic rings. The topological polar surface area (TPSA) is 12.0 Å². The van der Waals surface area contributed by atoms with Gasteiger partial charge in [-0.3, -0.25) is 0 Å². The molecule has 100 valence electrons. The molecule has 0 aliphatic heterocycles. The van der Waals surface area contributed by atoms with Crippen molar-refractivity contribution < 1.29 is 0 Å². The van der Waals surface area contributed by atoms with Gasteiger partial charge in [-0.25, -0.2) is 0 Å². The monoisotopic (exact) mass is 237 g/mol. The van der Waals surface area contributed by atoms with E-state index >= 15 is 0 Å². The summed E-state index contributed by atoms with van der Waals surface area (Å²) in [5.74, 6) is 0. The minimum Gasteiger partial charge on any atom is -0.385 e. The lowest BCUT2D eigenvalue weighted by Crippen LogP contribution is -2.00. The molecule has 1 aromatic rings. The highest BCUT2D eigenvalue weighted by Crippen LogP contribution is 2.08. The first kappa shape index (κ1) is 18.4. The maximum Gasteiger partial charge on any atom is 0.0340 e. The van der Waals surface area contributed by atoms with Crippen LogP contribution in [0.4, 0.5) is 5.69 Å². The zero-order chi connectivity index (χ0) is 13.5. The summed E-state index contributed by atoms with van der Waals surface area (Å²) >= 11 is 0. The van der Waals surface area contributed by atoms with Crippen molar-refractivity contribution in [1.29, 1.82) is 0 Å². The Morgan fingerprint density at radius 2 is 1.41 bits per heavy atom. The number of rotatable bonds is 5. The third-order valence-electron chi connectivity index (χ3n) is 2.16. The van der Waals surface area contributed by atoms with Gasteiger partial charge in [-0.15, -0.1) is 0 Å². The van der Waals surface area contributed by atoms with Crippen LogP contribution >= 0.6 is 0 Å². The van der Waals surface area contributed by atoms with Crippen LogP contribution in [0.5, 0.6) is 0 Å². The van der Waals surface area contributed by atoms with Crippen LogP contribution in [-0.2, 0) is 0 Å². The van der Waals surface area contributed by atoms with Gasteiger partial charge in [-0.2, -0.15) is 0 Å². The Morgan fingerprint density at radius 3 is 1.88 bits per heavy atom. The van der Waals surface area contributed by atoms with Gasteiger partial charge in [0, 0.05) is 12.2 Å². The zero-order valence-corrected chi connectivity index (χ0v) is 12.6. The average Bonchev–Trinajstić information content (AvgIpc) is 2.41. The highest BCUT2D eigenvalue weighted by atomic mass is 14.9. The lowest BCUT2D eigenvalue weighted by Gasteiger charge is -2.05. The van der Waals surface area contributed by atoms with E-state index < -0.39 is 0 Å². The van der Waals surface area contributed by atoms with Gasteiger partial charge in [0.2, 0.25) is 0 Å². The van der Waals surface area contributed by atoms with E-state index in [2.05, 4.69) is 43.4 Å². The lowest BCUT2D eigenvalue weighted by molar-refractivity contribution is 0.744. The van der Waals surface area contributed by atoms with Crippen LogP contribution in [-0.4, -0.2) is 6.54 Å². The van der Waals surface area contributed by atoms with E-state index in [-0.39, 0.29) is 0 Å². The van der Waals surface area contributed by atoms with Crippen LogP contribution in [0, 0.1) is 6.92 Å². The van der Waals surface area contributed by atoms with E-state index in [1.54, 1.807) is 0 Å². The largest absolute Gasteiger partial charge is 0.385 e. The summed E-state index contributed by atoms with van der Waals surface area (Å²) in [6, 6.07) is 8.56. The molecular weight excluding hydrogens is 206 g/mol. The van der Waals surface area contributed by atoms with Gasteiger partial charge in [0.05, 0.1) is 0 Å². The van der Waals surface area contributed by atoms with Crippen molar-refractivity contribution in [2.75, 3.05) is 11.9 Å². The van der Waals surface area contributed by atoms with E-state index in [4.69, 9.17) is 0 Å². The van der Waals surface area contributed by atoms with E-state index in [1.807, 2.05) is 27.7 Å². The predicted octanol–water partition coefficient (Wildman–Crippen LogP) is 5.65. The van der Waals surface area contributed by atoms with E-state index in [0.717, 1.165) is 6.54 Å². The third-order valence-corrected chi connectivity index (χ3v) is 2.16. The van der Waals surface area contributed by atoms with Crippen LogP contribution in [0.15, 0.2) is 24.3 Å². The Bertz CT molecular complexity index is 226. The van der Waals surface area contributed by atoms with Crippen molar-refractivity contribution in [3.05, 3.63) is 29.8 Å². The summed E-state index contributed by atoms with van der Waals surface area (Å²) in [5, 5.41) is 3.41. The first-order valence-electron chi connectivity index (χ1n) is 7.13. The second-order valence-electron chi connectivity index (χ2n) is 3.50. The molecular formula is C16H31N. The molecule has 0 aromatic heterocycles. The predicted molar refractivity (Wildman–Crippen MR) is 81.9 cm³/mol. The fourth-order valence-corrected chi connectivity index (χ4v) is 1.28. The van der Waals surface area contributed by atoms with Crippen molar-refractivity contribution >= 4 is 5.69 Å². The quantitative estimate of drug-likeness (QED) is 0.652. The average molecular weight is 237 g/mol. The fourth-order valence-electron chi connectivity index (χ4n) is 1.28. The van der Waals surface area contributed by atoms with Gasteiger partial charge < -0.3 is 5.32 Å². The molecule has 17 heavy (non-hydrogen) atoms. The molecule has 1 heteroatoms. The second-order valence-corrected chi connectivity index (χ2v) is 3.50. The molecule has 0 atom stereocenters. The molecule has 1 rings (SSSR count). The number of benzene rings is 1. The minimum atomic E-state index is 1.09. The van der Waals surface area contributed by atoms with Crippen LogP contribution < -0.4 is 5.32 Å². The molecule has 0 amide bonds. The zero-order valence-electron chi connectivity index (χ0n) is 12.6. The molecule has 0 heterocycles. The molecule has 0 aliphatic carbocycles. The maximum atomic E-state index is 3.41. The maximum absolute atomic E-state index is 3.41. The van der Waals surface area contributed by atoms with Crippen LogP contribution in [0.25, 0.3) is 0 Å². The van der Waals surface area contributed by atoms with Gasteiger partial charge in [0.15, 0.2) is 0 Å². The smallest absolute Gasteiger partial charge is 0.0340 e. The normalized spacial score (nSPS) is 8.35. The molecule has 1 nitrogen and oxygen atoms in total. The molecule has 0 radical (unpaired) electrons. The summed E-state index contributed by atoms with van der Waals surface area (Å²) in [5.41, 5.74) is 2.56. The van der Waals surface area contributed by atoms with Crippen molar-refractivity contribution in [3.8, 4) is 0 Å². The Labute approximate surface area is 109 Å². The van der Waals surface area contributed by atoms with Crippen molar-refractivity contribution in [3.63, 3.8) is 0 Å². The van der Waals surface area contributed by atoms with Crippen LogP contribution in [0.1, 0.15) is 59.4 Å². The van der Waals surface area contributed by atoms with Gasteiger partial charge in [-0.05, 0) is 25.5 Å². The van der Waals surface area contributed by atoms with Gasteiger partial charge in [0.25, 0.3) is 0 Å². The Kier molecular flexibility index (Phi) is 16.2. The van der Waals surface area contributed by atoms with E-state index in [9.17, 15) is 0 Å². The number of anilines is 1. The van der Waals surface area contributed by atoms with Crippen molar-refractivity contribution in [1.82, 2.24) is 0 Å². The number of hydrogen-bond donors (Lipinski definition) is 1. The fraction of sp³-hybridized carbons (Fsp3) is 0.625.